The molecule has 0 bridgehead atoms. The van der Waals surface area contributed by atoms with E-state index in [0.717, 1.165) is 22.3 Å². The van der Waals surface area contributed by atoms with Crippen molar-refractivity contribution >= 4 is 46.7 Å². The van der Waals surface area contributed by atoms with E-state index in [1.165, 1.54) is 0 Å². The van der Waals surface area contributed by atoms with E-state index >= 15 is 0 Å². The first-order valence-corrected chi connectivity index (χ1v) is 15.0. The molecule has 0 spiro atoms. The summed E-state index contributed by atoms with van der Waals surface area (Å²) in [5.74, 6) is -1.44. The summed E-state index contributed by atoms with van der Waals surface area (Å²) in [4.78, 5) is 43.9. The van der Waals surface area contributed by atoms with Crippen LogP contribution in [0.5, 0.6) is 0 Å². The largest absolute Gasteiger partial charge is 0.481 e. The third kappa shape index (κ3) is 6.46. The number of carbonyl (C=O) groups is 3. The van der Waals surface area contributed by atoms with Gasteiger partial charge in [0.1, 0.15) is 6.04 Å². The first-order chi connectivity index (χ1) is 20.7. The molecule has 0 aromatic heterocycles. The van der Waals surface area contributed by atoms with Gasteiger partial charge in [-0.2, -0.15) is 0 Å². The Labute approximate surface area is 261 Å². The van der Waals surface area contributed by atoms with E-state index in [1.54, 1.807) is 46.2 Å². The molecule has 1 N–H and O–H groups in total. The fourth-order valence-corrected chi connectivity index (χ4v) is 5.93. The highest BCUT2D eigenvalue weighted by atomic mass is 35.5. The highest BCUT2D eigenvalue weighted by molar-refractivity contribution is 6.30. The lowest BCUT2D eigenvalue weighted by atomic mass is 9.96. The normalized spacial score (nSPS) is 15.7. The predicted molar refractivity (Wildman–Crippen MR) is 171 cm³/mol. The highest BCUT2D eigenvalue weighted by Crippen LogP contribution is 2.41. The first kappa shape index (κ1) is 30.3. The summed E-state index contributed by atoms with van der Waals surface area (Å²) in [6, 6.07) is 26.4. The number of carbonyl (C=O) groups excluding carboxylic acids is 2. The van der Waals surface area contributed by atoms with Gasteiger partial charge in [-0.25, -0.2) is 0 Å². The van der Waals surface area contributed by atoms with Gasteiger partial charge in [-0.1, -0.05) is 77.8 Å². The number of aryl methyl sites for hydroxylation is 1. The molecule has 2 atom stereocenters. The molecule has 6 nitrogen and oxygen atoms in total. The second-order valence-electron chi connectivity index (χ2n) is 10.8. The van der Waals surface area contributed by atoms with Gasteiger partial charge in [0.25, 0.3) is 11.8 Å². The van der Waals surface area contributed by atoms with Crippen LogP contribution < -0.4 is 4.90 Å². The third-order valence-corrected chi connectivity index (χ3v) is 8.47. The van der Waals surface area contributed by atoms with Crippen LogP contribution in [0.1, 0.15) is 65.3 Å². The van der Waals surface area contributed by atoms with E-state index in [0.29, 0.717) is 39.7 Å². The van der Waals surface area contributed by atoms with Gasteiger partial charge in [0.05, 0.1) is 17.3 Å². The minimum absolute atomic E-state index is 0.000376. The van der Waals surface area contributed by atoms with Crippen molar-refractivity contribution in [1.82, 2.24) is 4.90 Å². The quantitative estimate of drug-likeness (QED) is 0.192. The van der Waals surface area contributed by atoms with E-state index in [1.807, 2.05) is 68.4 Å². The van der Waals surface area contributed by atoms with Gasteiger partial charge in [0.2, 0.25) is 0 Å². The smallest absolute Gasteiger partial charge is 0.303 e. The summed E-state index contributed by atoms with van der Waals surface area (Å²) in [5, 5.41) is 10.3. The number of nitrogens with zero attached hydrogens (tertiary/aromatic N) is 2. The highest BCUT2D eigenvalue weighted by Gasteiger charge is 2.43. The van der Waals surface area contributed by atoms with Gasteiger partial charge in [-0.3, -0.25) is 14.4 Å². The zero-order chi connectivity index (χ0) is 30.7. The Kier molecular flexibility index (Phi) is 9.19. The fraction of sp³-hybridized carbons (Fsp3) is 0.229. The Morgan fingerprint density at radius 2 is 1.51 bits per heavy atom. The molecule has 4 aromatic rings. The van der Waals surface area contributed by atoms with Crippen molar-refractivity contribution in [2.24, 2.45) is 0 Å². The first-order valence-electron chi connectivity index (χ1n) is 14.2. The van der Waals surface area contributed by atoms with Crippen molar-refractivity contribution in [3.05, 3.63) is 123 Å². The number of rotatable bonds is 9. The fourth-order valence-electron chi connectivity index (χ4n) is 5.68. The molecular formula is C35H32Cl2N2O4. The van der Waals surface area contributed by atoms with Gasteiger partial charge in [-0.15, -0.1) is 0 Å². The maximum atomic E-state index is 14.8. The van der Waals surface area contributed by atoms with E-state index in [4.69, 9.17) is 23.2 Å². The lowest BCUT2D eigenvalue weighted by molar-refractivity contribution is -0.137. The summed E-state index contributed by atoms with van der Waals surface area (Å²) in [6.45, 7) is 4.20. The average molecular weight is 616 g/mol. The summed E-state index contributed by atoms with van der Waals surface area (Å²) < 4.78 is 0. The molecule has 43 heavy (non-hydrogen) atoms. The summed E-state index contributed by atoms with van der Waals surface area (Å²) in [6.07, 6.45) is 0.867. The molecule has 1 heterocycles. The number of fused-ring (bicyclic) bond motifs is 1. The van der Waals surface area contributed by atoms with E-state index in [9.17, 15) is 19.5 Å². The van der Waals surface area contributed by atoms with E-state index in [2.05, 4.69) is 0 Å². The second-order valence-corrected chi connectivity index (χ2v) is 11.7. The van der Waals surface area contributed by atoms with Gasteiger partial charge >= 0.3 is 5.97 Å². The van der Waals surface area contributed by atoms with Crippen LogP contribution in [0.15, 0.2) is 91.0 Å². The van der Waals surface area contributed by atoms with Crippen LogP contribution in [-0.2, 0) is 9.59 Å². The lowest BCUT2D eigenvalue weighted by Crippen LogP contribution is -2.44. The zero-order valence-corrected chi connectivity index (χ0v) is 25.5. The lowest BCUT2D eigenvalue weighted by Gasteiger charge is -2.36. The van der Waals surface area contributed by atoms with Crippen molar-refractivity contribution in [1.29, 1.82) is 0 Å². The van der Waals surface area contributed by atoms with Gasteiger partial charge in [0, 0.05) is 23.0 Å². The number of hydrogen-bond donors (Lipinski definition) is 1. The van der Waals surface area contributed by atoms with Gasteiger partial charge < -0.3 is 14.9 Å². The molecule has 1 aliphatic heterocycles. The molecule has 220 valence electrons. The molecule has 1 aliphatic rings. The van der Waals surface area contributed by atoms with Gasteiger partial charge in [0.15, 0.2) is 0 Å². The summed E-state index contributed by atoms with van der Waals surface area (Å²) in [7, 11) is 0. The Morgan fingerprint density at radius 3 is 2.16 bits per heavy atom. The Hall–Kier alpha value is -4.13. The maximum Gasteiger partial charge on any atom is 0.303 e. The van der Waals surface area contributed by atoms with Crippen LogP contribution in [0.2, 0.25) is 10.0 Å². The molecule has 5 rings (SSSR count). The number of carboxylic acid groups (broad SMARTS) is 1. The average Bonchev–Trinajstić information content (AvgIpc) is 3.08. The molecule has 0 fully saturated rings. The number of halogens is 2. The molecule has 4 aromatic carbocycles. The van der Waals surface area contributed by atoms with E-state index < -0.39 is 18.1 Å². The van der Waals surface area contributed by atoms with Crippen LogP contribution in [0.3, 0.4) is 0 Å². The van der Waals surface area contributed by atoms with Crippen molar-refractivity contribution in [3.63, 3.8) is 0 Å². The number of carboxylic acids is 1. The van der Waals surface area contributed by atoms with Crippen LogP contribution in [-0.4, -0.2) is 34.3 Å². The maximum absolute atomic E-state index is 14.8. The SMILES string of the molecule is Cc1ccccc1-c1ccc2c(c1)C(=O)N([C@H](C)c1ccc(Cl)cc1)C(c1ccc(Cl)cc1)C(=O)N2CCCCC(=O)O. The Balaban J connectivity index is 1.69. The molecule has 8 heteroatoms. The molecule has 0 radical (unpaired) electrons. The summed E-state index contributed by atoms with van der Waals surface area (Å²) in [5.41, 5.74) is 5.30. The van der Waals surface area contributed by atoms with Crippen LogP contribution in [0.4, 0.5) is 5.69 Å². The van der Waals surface area contributed by atoms with Crippen LogP contribution >= 0.6 is 23.2 Å². The van der Waals surface area contributed by atoms with Crippen molar-refractivity contribution < 1.29 is 19.5 Å². The Morgan fingerprint density at radius 1 is 0.860 bits per heavy atom. The minimum atomic E-state index is -0.954. The molecule has 1 unspecified atom stereocenters. The van der Waals surface area contributed by atoms with Gasteiger partial charge in [-0.05, 0) is 90.9 Å². The molecule has 2 amide bonds. The van der Waals surface area contributed by atoms with Crippen molar-refractivity contribution in [3.8, 4) is 11.1 Å². The number of benzene rings is 4. The predicted octanol–water partition coefficient (Wildman–Crippen LogP) is 8.52. The number of hydrogen-bond acceptors (Lipinski definition) is 3. The Bertz CT molecular complexity index is 1650. The van der Waals surface area contributed by atoms with E-state index in [-0.39, 0.29) is 24.8 Å². The zero-order valence-electron chi connectivity index (χ0n) is 24.0. The monoisotopic (exact) mass is 614 g/mol. The number of unbranched alkanes of at least 4 members (excludes halogenated alkanes) is 1. The number of aliphatic carboxylic acids is 1. The summed E-state index contributed by atoms with van der Waals surface area (Å²) >= 11 is 12.4. The minimum Gasteiger partial charge on any atom is -0.481 e. The second kappa shape index (κ2) is 13.0. The third-order valence-electron chi connectivity index (χ3n) is 7.96. The molecule has 0 aliphatic carbocycles. The standard InChI is InChI=1S/C35H32Cl2N2O4/c1-22-7-3-4-8-29(22)26-14-19-31-30(21-26)34(42)39(23(2)24-10-15-27(36)16-11-24)33(25-12-17-28(37)18-13-25)35(43)38(31)20-6-5-9-32(40)41/h3-4,7-8,10-19,21,23,33H,5-6,9,20H2,1-2H3,(H,40,41)/t23-,33?/m1/s1. The van der Waals surface area contributed by atoms with Crippen LogP contribution in [0.25, 0.3) is 11.1 Å². The molecule has 0 saturated heterocycles. The van der Waals surface area contributed by atoms with Crippen LogP contribution in [0, 0.1) is 6.92 Å². The van der Waals surface area contributed by atoms with Crippen molar-refractivity contribution in [2.75, 3.05) is 11.4 Å². The van der Waals surface area contributed by atoms with Crippen molar-refractivity contribution in [2.45, 2.75) is 45.2 Å². The molecular weight excluding hydrogens is 583 g/mol. The topological polar surface area (TPSA) is 77.9 Å². The number of amides is 2. The molecule has 0 saturated carbocycles. The number of anilines is 1.